The third-order valence-corrected chi connectivity index (χ3v) is 5.40. The summed E-state index contributed by atoms with van der Waals surface area (Å²) >= 11 is 4.19. The van der Waals surface area contributed by atoms with Crippen molar-refractivity contribution in [3.05, 3.63) is 69.0 Å². The number of carbonyl (C=O) groups is 3. The van der Waals surface area contributed by atoms with Crippen LogP contribution in [0.15, 0.2) is 57.9 Å². The van der Waals surface area contributed by atoms with Crippen LogP contribution in [0.3, 0.4) is 0 Å². The quantitative estimate of drug-likeness (QED) is 0.728. The lowest BCUT2D eigenvalue weighted by molar-refractivity contribution is -0.127. The molecular weight excluding hydrogens is 416 g/mol. The summed E-state index contributed by atoms with van der Waals surface area (Å²) in [4.78, 5) is 38.2. The topological polar surface area (TPSA) is 66.5 Å². The number of rotatable bonds is 4. The van der Waals surface area contributed by atoms with Gasteiger partial charge in [-0.1, -0.05) is 36.4 Å². The highest BCUT2D eigenvalue weighted by atomic mass is 79.9. The van der Waals surface area contributed by atoms with E-state index in [1.54, 1.807) is 24.3 Å². The standard InChI is InChI=1S/C19H15BrN2O3S/c1-12-6-2-3-7-13(12)10-16-18(24)22(19(25)26-16)11-17(23)21-15-9-5-4-8-14(15)20/h2-10H,11H2,1H3,(H,21,23). The smallest absolute Gasteiger partial charge is 0.294 e. The number of aryl methyl sites for hydroxylation is 1. The van der Waals surface area contributed by atoms with Crippen LogP contribution in [0.4, 0.5) is 10.5 Å². The molecular formula is C19H15BrN2O3S. The van der Waals surface area contributed by atoms with Crippen LogP contribution >= 0.6 is 27.7 Å². The molecule has 2 aromatic carbocycles. The molecule has 0 aliphatic carbocycles. The lowest BCUT2D eigenvalue weighted by Crippen LogP contribution is -2.36. The summed E-state index contributed by atoms with van der Waals surface area (Å²) < 4.78 is 0.724. The van der Waals surface area contributed by atoms with Gasteiger partial charge in [-0.3, -0.25) is 19.3 Å². The highest BCUT2D eigenvalue weighted by Gasteiger charge is 2.36. The lowest BCUT2D eigenvalue weighted by Gasteiger charge is -2.13. The van der Waals surface area contributed by atoms with Crippen LogP contribution in [-0.2, 0) is 9.59 Å². The van der Waals surface area contributed by atoms with E-state index < -0.39 is 17.1 Å². The van der Waals surface area contributed by atoms with Crippen LogP contribution in [0.1, 0.15) is 11.1 Å². The van der Waals surface area contributed by atoms with E-state index in [0.29, 0.717) is 10.6 Å². The van der Waals surface area contributed by atoms with Crippen molar-refractivity contribution in [1.82, 2.24) is 4.90 Å². The first-order valence-corrected chi connectivity index (χ1v) is 9.42. The third kappa shape index (κ3) is 4.05. The maximum atomic E-state index is 12.5. The Morgan fingerprint density at radius 3 is 2.58 bits per heavy atom. The summed E-state index contributed by atoms with van der Waals surface area (Å²) in [5.74, 6) is -0.887. The fourth-order valence-electron chi connectivity index (χ4n) is 2.42. The van der Waals surface area contributed by atoms with Gasteiger partial charge in [0.15, 0.2) is 0 Å². The zero-order valence-electron chi connectivity index (χ0n) is 13.9. The average molecular weight is 431 g/mol. The molecule has 0 bridgehead atoms. The Bertz CT molecular complexity index is 927. The minimum Gasteiger partial charge on any atom is -0.324 e. The predicted octanol–water partition coefficient (Wildman–Crippen LogP) is 4.43. The molecule has 7 heteroatoms. The lowest BCUT2D eigenvalue weighted by atomic mass is 10.1. The second-order valence-electron chi connectivity index (χ2n) is 5.65. The highest BCUT2D eigenvalue weighted by Crippen LogP contribution is 2.32. The summed E-state index contributed by atoms with van der Waals surface area (Å²) in [6, 6.07) is 14.7. The van der Waals surface area contributed by atoms with E-state index in [0.717, 1.165) is 32.3 Å². The molecule has 1 aliphatic rings. The molecule has 2 aromatic rings. The molecule has 3 rings (SSSR count). The highest BCUT2D eigenvalue weighted by molar-refractivity contribution is 9.10. The van der Waals surface area contributed by atoms with Gasteiger partial charge in [-0.25, -0.2) is 0 Å². The first-order chi connectivity index (χ1) is 12.5. The Balaban J connectivity index is 1.72. The summed E-state index contributed by atoms with van der Waals surface area (Å²) in [5.41, 5.74) is 2.46. The number of hydrogen-bond donors (Lipinski definition) is 1. The van der Waals surface area contributed by atoms with Crippen LogP contribution in [0, 0.1) is 6.92 Å². The predicted molar refractivity (Wildman–Crippen MR) is 107 cm³/mol. The normalized spacial score (nSPS) is 15.6. The fraction of sp³-hybridized carbons (Fsp3) is 0.105. The Labute approximate surface area is 163 Å². The fourth-order valence-corrected chi connectivity index (χ4v) is 3.64. The second-order valence-corrected chi connectivity index (χ2v) is 7.50. The van der Waals surface area contributed by atoms with Gasteiger partial charge < -0.3 is 5.32 Å². The summed E-state index contributed by atoms with van der Waals surface area (Å²) in [6.45, 7) is 1.61. The molecule has 5 nitrogen and oxygen atoms in total. The van der Waals surface area contributed by atoms with Gasteiger partial charge in [-0.2, -0.15) is 0 Å². The van der Waals surface area contributed by atoms with Crippen LogP contribution in [0.5, 0.6) is 0 Å². The van der Waals surface area contributed by atoms with E-state index >= 15 is 0 Å². The largest absolute Gasteiger partial charge is 0.324 e. The van der Waals surface area contributed by atoms with Gasteiger partial charge in [0.2, 0.25) is 5.91 Å². The first kappa shape index (κ1) is 18.4. The molecule has 1 saturated heterocycles. The van der Waals surface area contributed by atoms with Crippen LogP contribution in [0.25, 0.3) is 6.08 Å². The number of hydrogen-bond acceptors (Lipinski definition) is 4. The maximum Gasteiger partial charge on any atom is 0.294 e. The molecule has 0 aromatic heterocycles. The number of carbonyl (C=O) groups excluding carboxylic acids is 3. The van der Waals surface area contributed by atoms with Gasteiger partial charge in [0.25, 0.3) is 11.1 Å². The molecule has 0 radical (unpaired) electrons. The molecule has 1 heterocycles. The van der Waals surface area contributed by atoms with Crippen molar-refractivity contribution in [3.63, 3.8) is 0 Å². The van der Waals surface area contributed by atoms with Crippen molar-refractivity contribution < 1.29 is 14.4 Å². The van der Waals surface area contributed by atoms with E-state index in [4.69, 9.17) is 0 Å². The minimum absolute atomic E-state index is 0.318. The van der Waals surface area contributed by atoms with Crippen LogP contribution < -0.4 is 5.32 Å². The Kier molecular flexibility index (Phi) is 5.58. The minimum atomic E-state index is -0.453. The van der Waals surface area contributed by atoms with Gasteiger partial charge in [-0.15, -0.1) is 0 Å². The van der Waals surface area contributed by atoms with E-state index in [2.05, 4.69) is 21.2 Å². The average Bonchev–Trinajstić information content (AvgIpc) is 2.86. The second kappa shape index (κ2) is 7.88. The number of halogens is 1. The third-order valence-electron chi connectivity index (χ3n) is 3.80. The van der Waals surface area contributed by atoms with E-state index in [-0.39, 0.29) is 6.54 Å². The number of anilines is 1. The number of thioether (sulfide) groups is 1. The molecule has 0 unspecified atom stereocenters. The molecule has 0 spiro atoms. The van der Waals surface area contributed by atoms with Crippen molar-refractivity contribution in [1.29, 1.82) is 0 Å². The molecule has 1 N–H and O–H groups in total. The SMILES string of the molecule is Cc1ccccc1C=C1SC(=O)N(CC(=O)Nc2ccccc2Br)C1=O. The molecule has 132 valence electrons. The summed E-state index contributed by atoms with van der Waals surface area (Å²) in [7, 11) is 0. The number of amides is 3. The van der Waals surface area contributed by atoms with Crippen molar-refractivity contribution in [3.8, 4) is 0 Å². The Morgan fingerprint density at radius 1 is 1.15 bits per heavy atom. The van der Waals surface area contributed by atoms with Crippen molar-refractivity contribution >= 4 is 56.5 Å². The van der Waals surface area contributed by atoms with E-state index in [1.807, 2.05) is 37.3 Å². The zero-order valence-corrected chi connectivity index (χ0v) is 16.3. The van der Waals surface area contributed by atoms with Crippen LogP contribution in [0.2, 0.25) is 0 Å². The number of nitrogens with one attached hydrogen (secondary N) is 1. The van der Waals surface area contributed by atoms with Crippen molar-refractivity contribution in [2.24, 2.45) is 0 Å². The molecule has 0 saturated carbocycles. The van der Waals surface area contributed by atoms with Crippen LogP contribution in [-0.4, -0.2) is 28.5 Å². The monoisotopic (exact) mass is 430 g/mol. The van der Waals surface area contributed by atoms with Gasteiger partial charge in [0.1, 0.15) is 6.54 Å². The zero-order chi connectivity index (χ0) is 18.7. The number of nitrogens with zero attached hydrogens (tertiary/aromatic N) is 1. The van der Waals surface area contributed by atoms with Gasteiger partial charge in [-0.05, 0) is 64.0 Å². The van der Waals surface area contributed by atoms with E-state index in [1.165, 1.54) is 0 Å². The molecule has 26 heavy (non-hydrogen) atoms. The molecule has 1 fully saturated rings. The number of benzene rings is 2. The van der Waals surface area contributed by atoms with Crippen molar-refractivity contribution in [2.75, 3.05) is 11.9 Å². The summed E-state index contributed by atoms with van der Waals surface area (Å²) in [5, 5.41) is 2.24. The number of para-hydroxylation sites is 1. The number of imide groups is 1. The Hall–Kier alpha value is -2.38. The van der Waals surface area contributed by atoms with Gasteiger partial charge in [0.05, 0.1) is 10.6 Å². The molecule has 1 aliphatic heterocycles. The van der Waals surface area contributed by atoms with Crippen molar-refractivity contribution in [2.45, 2.75) is 6.92 Å². The Morgan fingerprint density at radius 2 is 1.85 bits per heavy atom. The van der Waals surface area contributed by atoms with Gasteiger partial charge in [0, 0.05) is 4.47 Å². The van der Waals surface area contributed by atoms with Gasteiger partial charge >= 0.3 is 0 Å². The molecule has 3 amide bonds. The van der Waals surface area contributed by atoms with E-state index in [9.17, 15) is 14.4 Å². The maximum absolute atomic E-state index is 12.5. The summed E-state index contributed by atoms with van der Waals surface area (Å²) in [6.07, 6.45) is 1.69. The first-order valence-electron chi connectivity index (χ1n) is 7.81. The molecule has 0 atom stereocenters.